The number of rotatable bonds is 8. The number of aliphatic carboxylic acids is 1. The number of hydrogen-bond acceptors (Lipinski definition) is 3. The fourth-order valence-electron chi connectivity index (χ4n) is 3.37. The van der Waals surface area contributed by atoms with Gasteiger partial charge in [0.05, 0.1) is 18.2 Å². The summed E-state index contributed by atoms with van der Waals surface area (Å²) in [5, 5.41) is 9.52. The van der Waals surface area contributed by atoms with E-state index in [0.29, 0.717) is 31.7 Å². The molecule has 0 spiro atoms. The van der Waals surface area contributed by atoms with Crippen molar-refractivity contribution in [2.75, 3.05) is 6.54 Å². The lowest BCUT2D eigenvalue weighted by molar-refractivity contribution is -0.159. The molecule has 1 aromatic heterocycles. The van der Waals surface area contributed by atoms with Crippen LogP contribution in [0.3, 0.4) is 0 Å². The third-order valence-electron chi connectivity index (χ3n) is 5.32. The van der Waals surface area contributed by atoms with Gasteiger partial charge in [0.15, 0.2) is 0 Å². The van der Waals surface area contributed by atoms with Crippen molar-refractivity contribution >= 4 is 11.9 Å². The average molecular weight is 355 g/mol. The molecule has 1 fully saturated rings. The van der Waals surface area contributed by atoms with Gasteiger partial charge in [0.1, 0.15) is 5.76 Å². The lowest BCUT2D eigenvalue weighted by Crippen LogP contribution is -2.44. The van der Waals surface area contributed by atoms with Crippen LogP contribution < -0.4 is 0 Å². The van der Waals surface area contributed by atoms with Crippen molar-refractivity contribution in [3.63, 3.8) is 0 Å². The van der Waals surface area contributed by atoms with Gasteiger partial charge in [-0.15, -0.1) is 0 Å². The molecule has 1 amide bonds. The molecule has 1 saturated carbocycles. The van der Waals surface area contributed by atoms with E-state index in [1.807, 2.05) is 13.0 Å². The first kappa shape index (κ1) is 18.2. The summed E-state index contributed by atoms with van der Waals surface area (Å²) in [5.41, 5.74) is 1.48. The highest BCUT2D eigenvalue weighted by molar-refractivity contribution is 5.85. The second-order valence-electron chi connectivity index (χ2n) is 7.25. The zero-order valence-electron chi connectivity index (χ0n) is 15.1. The Morgan fingerprint density at radius 1 is 1.19 bits per heavy atom. The summed E-state index contributed by atoms with van der Waals surface area (Å²) in [6.07, 6.45) is 4.43. The van der Waals surface area contributed by atoms with Gasteiger partial charge in [-0.3, -0.25) is 9.59 Å². The minimum absolute atomic E-state index is 0.0664. The third kappa shape index (κ3) is 4.15. The molecular weight excluding hydrogens is 330 g/mol. The maximum absolute atomic E-state index is 12.9. The number of amides is 1. The number of carboxylic acid groups (broad SMARTS) is 1. The zero-order valence-corrected chi connectivity index (χ0v) is 15.1. The molecule has 5 nitrogen and oxygen atoms in total. The van der Waals surface area contributed by atoms with Crippen molar-refractivity contribution in [1.29, 1.82) is 0 Å². The molecule has 26 heavy (non-hydrogen) atoms. The first-order valence-electron chi connectivity index (χ1n) is 9.08. The van der Waals surface area contributed by atoms with Gasteiger partial charge < -0.3 is 14.4 Å². The predicted molar refractivity (Wildman–Crippen MR) is 97.5 cm³/mol. The monoisotopic (exact) mass is 355 g/mol. The van der Waals surface area contributed by atoms with Gasteiger partial charge >= 0.3 is 5.97 Å². The second kappa shape index (κ2) is 7.77. The van der Waals surface area contributed by atoms with E-state index in [1.165, 1.54) is 5.56 Å². The van der Waals surface area contributed by atoms with Gasteiger partial charge in [-0.05, 0) is 43.9 Å². The van der Waals surface area contributed by atoms with Crippen LogP contribution in [0.15, 0.2) is 47.1 Å². The molecule has 1 N–H and O–H groups in total. The van der Waals surface area contributed by atoms with Crippen LogP contribution in [-0.4, -0.2) is 28.4 Å². The van der Waals surface area contributed by atoms with Crippen LogP contribution >= 0.6 is 0 Å². The molecule has 1 heterocycles. The van der Waals surface area contributed by atoms with E-state index in [2.05, 4.69) is 24.3 Å². The van der Waals surface area contributed by atoms with Crippen molar-refractivity contribution in [2.24, 2.45) is 5.41 Å². The second-order valence-corrected chi connectivity index (χ2v) is 7.25. The number of carbonyl (C=O) groups is 2. The molecule has 1 aliphatic rings. The minimum Gasteiger partial charge on any atom is -0.481 e. The van der Waals surface area contributed by atoms with Crippen molar-refractivity contribution < 1.29 is 19.1 Å². The molecule has 0 unspecified atom stereocenters. The highest BCUT2D eigenvalue weighted by atomic mass is 16.4. The standard InChI is InChI=1S/C21H25NO4/c1-16-5-7-17(8-6-16)9-12-22(15-18-4-2-13-26-18)19(23)14-21(20(24)25)10-3-11-21/h2,4-8,13H,3,9-12,14-15H2,1H3,(H,24,25). The molecule has 138 valence electrons. The summed E-state index contributed by atoms with van der Waals surface area (Å²) in [6.45, 7) is 2.95. The van der Waals surface area contributed by atoms with Crippen LogP contribution in [0.4, 0.5) is 0 Å². The molecule has 1 aliphatic carbocycles. The highest BCUT2D eigenvalue weighted by Crippen LogP contribution is 2.44. The summed E-state index contributed by atoms with van der Waals surface area (Å²) in [4.78, 5) is 26.2. The van der Waals surface area contributed by atoms with E-state index in [9.17, 15) is 14.7 Å². The summed E-state index contributed by atoms with van der Waals surface area (Å²) in [7, 11) is 0. The summed E-state index contributed by atoms with van der Waals surface area (Å²) < 4.78 is 5.39. The van der Waals surface area contributed by atoms with Gasteiger partial charge in [0.25, 0.3) is 0 Å². The quantitative estimate of drug-likeness (QED) is 0.782. The Labute approximate surface area is 153 Å². The van der Waals surface area contributed by atoms with Crippen LogP contribution in [0.2, 0.25) is 0 Å². The number of hydrogen-bond donors (Lipinski definition) is 1. The number of carboxylic acids is 1. The molecule has 5 heteroatoms. The first-order valence-corrected chi connectivity index (χ1v) is 9.08. The van der Waals surface area contributed by atoms with Crippen LogP contribution in [0.5, 0.6) is 0 Å². The molecule has 3 rings (SSSR count). The van der Waals surface area contributed by atoms with Crippen LogP contribution in [0.25, 0.3) is 0 Å². The largest absolute Gasteiger partial charge is 0.481 e. The summed E-state index contributed by atoms with van der Waals surface area (Å²) in [5.74, 6) is -0.260. The maximum atomic E-state index is 12.9. The third-order valence-corrected chi connectivity index (χ3v) is 5.32. The van der Waals surface area contributed by atoms with E-state index in [-0.39, 0.29) is 12.3 Å². The zero-order chi connectivity index (χ0) is 18.6. The SMILES string of the molecule is Cc1ccc(CCN(Cc2ccco2)C(=O)CC2(C(=O)O)CCC2)cc1. The topological polar surface area (TPSA) is 70.8 Å². The van der Waals surface area contributed by atoms with Gasteiger partial charge in [0, 0.05) is 13.0 Å². The first-order chi connectivity index (χ1) is 12.5. The van der Waals surface area contributed by atoms with E-state index >= 15 is 0 Å². The fourth-order valence-corrected chi connectivity index (χ4v) is 3.37. The Hall–Kier alpha value is -2.56. The molecule has 0 radical (unpaired) electrons. The molecule has 0 saturated heterocycles. The van der Waals surface area contributed by atoms with E-state index < -0.39 is 11.4 Å². The van der Waals surface area contributed by atoms with Gasteiger partial charge in [0.2, 0.25) is 5.91 Å². The van der Waals surface area contributed by atoms with Crippen LogP contribution in [0, 0.1) is 12.3 Å². The van der Waals surface area contributed by atoms with Gasteiger partial charge in [-0.1, -0.05) is 36.2 Å². The summed E-state index contributed by atoms with van der Waals surface area (Å²) in [6, 6.07) is 11.9. The lowest BCUT2D eigenvalue weighted by atomic mass is 9.66. The van der Waals surface area contributed by atoms with E-state index in [1.54, 1.807) is 17.2 Å². The fraction of sp³-hybridized carbons (Fsp3) is 0.429. The van der Waals surface area contributed by atoms with Crippen LogP contribution in [-0.2, 0) is 22.6 Å². The Kier molecular flexibility index (Phi) is 5.45. The summed E-state index contributed by atoms with van der Waals surface area (Å²) >= 11 is 0. The molecule has 0 atom stereocenters. The highest BCUT2D eigenvalue weighted by Gasteiger charge is 2.46. The minimum atomic E-state index is -0.873. The molecule has 0 aliphatic heterocycles. The van der Waals surface area contributed by atoms with E-state index in [4.69, 9.17) is 4.42 Å². The Balaban J connectivity index is 1.68. The molecule has 0 bridgehead atoms. The number of furan rings is 1. The van der Waals surface area contributed by atoms with Gasteiger partial charge in [-0.25, -0.2) is 0 Å². The normalized spacial score (nSPS) is 15.3. The molecular formula is C21H25NO4. The van der Waals surface area contributed by atoms with Crippen molar-refractivity contribution in [3.8, 4) is 0 Å². The molecule has 2 aromatic rings. The number of carbonyl (C=O) groups excluding carboxylic acids is 1. The number of aryl methyl sites for hydroxylation is 1. The lowest BCUT2D eigenvalue weighted by Gasteiger charge is -2.38. The van der Waals surface area contributed by atoms with E-state index in [0.717, 1.165) is 18.4 Å². The van der Waals surface area contributed by atoms with Crippen molar-refractivity contribution in [2.45, 2.75) is 45.6 Å². The predicted octanol–water partition coefficient (Wildman–Crippen LogP) is 3.80. The number of nitrogens with zero attached hydrogens (tertiary/aromatic N) is 1. The Morgan fingerprint density at radius 3 is 2.46 bits per heavy atom. The Morgan fingerprint density at radius 2 is 1.92 bits per heavy atom. The number of benzene rings is 1. The average Bonchev–Trinajstić information content (AvgIpc) is 3.09. The van der Waals surface area contributed by atoms with Crippen molar-refractivity contribution in [3.05, 3.63) is 59.5 Å². The Bertz CT molecular complexity index is 745. The smallest absolute Gasteiger partial charge is 0.310 e. The van der Waals surface area contributed by atoms with Crippen molar-refractivity contribution in [1.82, 2.24) is 4.90 Å². The maximum Gasteiger partial charge on any atom is 0.310 e. The van der Waals surface area contributed by atoms with Crippen LogP contribution in [0.1, 0.15) is 42.6 Å². The molecule has 1 aromatic carbocycles. The van der Waals surface area contributed by atoms with Gasteiger partial charge in [-0.2, -0.15) is 0 Å².